The van der Waals surface area contributed by atoms with Crippen molar-refractivity contribution in [2.45, 2.75) is 46.1 Å². The third kappa shape index (κ3) is 4.07. The lowest BCUT2D eigenvalue weighted by Gasteiger charge is -2.24. The van der Waals surface area contributed by atoms with Crippen molar-refractivity contribution in [3.8, 4) is 0 Å². The molecule has 0 bridgehead atoms. The van der Waals surface area contributed by atoms with Gasteiger partial charge in [-0.05, 0) is 80.0 Å². The molecule has 0 amide bonds. The van der Waals surface area contributed by atoms with E-state index >= 15 is 0 Å². The van der Waals surface area contributed by atoms with Gasteiger partial charge in [-0.25, -0.2) is 4.98 Å². The van der Waals surface area contributed by atoms with Crippen LogP contribution in [0.4, 0.5) is 5.82 Å². The van der Waals surface area contributed by atoms with Gasteiger partial charge in [-0.1, -0.05) is 43.3 Å². The van der Waals surface area contributed by atoms with Gasteiger partial charge in [0, 0.05) is 29.6 Å². The molecule has 5 rings (SSSR count). The number of fused-ring (bicyclic) bond motifs is 3. The van der Waals surface area contributed by atoms with Gasteiger partial charge in [-0.2, -0.15) is 0 Å². The molecule has 2 aromatic heterocycles. The Morgan fingerprint density at radius 1 is 1.03 bits per heavy atom. The molecule has 2 N–H and O–H groups in total. The molecule has 1 aliphatic heterocycles. The number of benzene rings is 2. The van der Waals surface area contributed by atoms with Gasteiger partial charge in [-0.15, -0.1) is 0 Å². The molecule has 2 aromatic carbocycles. The summed E-state index contributed by atoms with van der Waals surface area (Å²) in [5.41, 5.74) is 13.1. The highest BCUT2D eigenvalue weighted by molar-refractivity contribution is 6.08. The zero-order valence-electron chi connectivity index (χ0n) is 19.3. The maximum Gasteiger partial charge on any atom is 0.150 e. The smallest absolute Gasteiger partial charge is 0.150 e. The number of likely N-dealkylation sites (tertiary alicyclic amines) is 1. The lowest BCUT2D eigenvalue weighted by atomic mass is 10.00. The molecule has 0 saturated carbocycles. The van der Waals surface area contributed by atoms with Crippen LogP contribution in [0.5, 0.6) is 0 Å². The number of hydrogen-bond acceptors (Lipinski definition) is 4. The van der Waals surface area contributed by atoms with Crippen molar-refractivity contribution in [1.29, 1.82) is 0 Å². The topological polar surface area (TPSA) is 55.0 Å². The fraction of sp³-hybridized carbons (Fsp3) is 0.357. The third-order valence-corrected chi connectivity index (χ3v) is 7.04. The number of nitrogens with two attached hydrogens (primary N) is 1. The van der Waals surface area contributed by atoms with E-state index in [1.807, 2.05) is 6.20 Å². The number of aromatic nitrogens is 2. The molecule has 1 saturated heterocycles. The molecule has 32 heavy (non-hydrogen) atoms. The average molecular weight is 425 g/mol. The van der Waals surface area contributed by atoms with E-state index in [1.54, 1.807) is 0 Å². The number of rotatable bonds is 5. The number of anilines is 1. The molecule has 0 aliphatic carbocycles. The number of pyridine rings is 2. The van der Waals surface area contributed by atoms with Gasteiger partial charge in [0.05, 0.1) is 5.52 Å². The van der Waals surface area contributed by atoms with Gasteiger partial charge in [0.1, 0.15) is 5.52 Å². The Morgan fingerprint density at radius 2 is 1.81 bits per heavy atom. The first-order valence-corrected chi connectivity index (χ1v) is 11.8. The Bertz CT molecular complexity index is 1260. The second kappa shape index (κ2) is 8.51. The molecule has 0 radical (unpaired) electrons. The van der Waals surface area contributed by atoms with Crippen LogP contribution < -0.4 is 5.73 Å². The van der Waals surface area contributed by atoms with E-state index in [9.17, 15) is 0 Å². The van der Waals surface area contributed by atoms with Crippen LogP contribution in [-0.2, 0) is 12.8 Å². The number of nitrogens with zero attached hydrogens (tertiary/aromatic N) is 3. The first-order chi connectivity index (χ1) is 15.5. The summed E-state index contributed by atoms with van der Waals surface area (Å²) in [5.74, 6) is 1.32. The summed E-state index contributed by atoms with van der Waals surface area (Å²) in [6, 6.07) is 18.3. The summed E-state index contributed by atoms with van der Waals surface area (Å²) in [5, 5.41) is 2.21. The zero-order valence-corrected chi connectivity index (χ0v) is 19.3. The van der Waals surface area contributed by atoms with E-state index in [4.69, 9.17) is 5.73 Å². The Labute approximate surface area is 190 Å². The molecule has 4 nitrogen and oxygen atoms in total. The number of aryl methyl sites for hydroxylation is 3. The molecule has 4 heteroatoms. The lowest BCUT2D eigenvalue weighted by Crippen LogP contribution is -2.24. The zero-order chi connectivity index (χ0) is 22.2. The van der Waals surface area contributed by atoms with Crippen molar-refractivity contribution in [2.24, 2.45) is 5.92 Å². The summed E-state index contributed by atoms with van der Waals surface area (Å²) in [6.45, 7) is 9.19. The number of hydrogen-bond donors (Lipinski definition) is 1. The molecule has 1 fully saturated rings. The minimum Gasteiger partial charge on any atom is -0.382 e. The molecule has 164 valence electrons. The Kier molecular flexibility index (Phi) is 5.56. The largest absolute Gasteiger partial charge is 0.382 e. The highest BCUT2D eigenvalue weighted by Gasteiger charge is 2.23. The van der Waals surface area contributed by atoms with Crippen LogP contribution in [-0.4, -0.2) is 28.0 Å². The Morgan fingerprint density at radius 3 is 2.56 bits per heavy atom. The van der Waals surface area contributed by atoms with Gasteiger partial charge in [0.15, 0.2) is 5.82 Å². The van der Waals surface area contributed by atoms with E-state index < -0.39 is 0 Å². The van der Waals surface area contributed by atoms with E-state index in [0.29, 0.717) is 11.9 Å². The summed E-state index contributed by atoms with van der Waals surface area (Å²) >= 11 is 0. The number of nitrogen functional groups attached to an aromatic ring is 1. The predicted molar refractivity (Wildman–Crippen MR) is 134 cm³/mol. The van der Waals surface area contributed by atoms with Crippen molar-refractivity contribution in [2.75, 3.05) is 18.8 Å². The van der Waals surface area contributed by atoms with Crippen LogP contribution >= 0.6 is 0 Å². The molecule has 3 heterocycles. The van der Waals surface area contributed by atoms with Gasteiger partial charge < -0.3 is 5.73 Å². The highest BCUT2D eigenvalue weighted by Crippen LogP contribution is 2.29. The standard InChI is InChI=1S/C28H32N4/c1-18-4-11-24-25-15-22(16-30-27(25)28(29)31-26(24)14-18)6-5-21-7-9-23(10-8-21)20(3)32-13-12-19(2)17-32/h4,7-11,14-16,19-20H,5-6,12-13,17H2,1-3H3,(H2,29,31). The monoisotopic (exact) mass is 424 g/mol. The fourth-order valence-electron chi connectivity index (χ4n) is 4.98. The normalized spacial score (nSPS) is 17.9. The van der Waals surface area contributed by atoms with Crippen molar-refractivity contribution in [3.05, 3.63) is 77.0 Å². The first-order valence-electron chi connectivity index (χ1n) is 11.8. The Hall–Kier alpha value is -2.98. The second-order valence-corrected chi connectivity index (χ2v) is 9.56. The molecule has 4 aromatic rings. The highest BCUT2D eigenvalue weighted by atomic mass is 15.2. The van der Waals surface area contributed by atoms with Crippen LogP contribution in [0.15, 0.2) is 54.7 Å². The van der Waals surface area contributed by atoms with Gasteiger partial charge >= 0.3 is 0 Å². The van der Waals surface area contributed by atoms with Crippen molar-refractivity contribution in [1.82, 2.24) is 14.9 Å². The van der Waals surface area contributed by atoms with Gasteiger partial charge in [-0.3, -0.25) is 9.88 Å². The Balaban J connectivity index is 1.33. The van der Waals surface area contributed by atoms with Gasteiger partial charge in [0.2, 0.25) is 0 Å². The fourth-order valence-corrected chi connectivity index (χ4v) is 4.98. The lowest BCUT2D eigenvalue weighted by molar-refractivity contribution is 0.255. The summed E-state index contributed by atoms with van der Waals surface area (Å²) in [4.78, 5) is 11.8. The van der Waals surface area contributed by atoms with Crippen LogP contribution in [0.2, 0.25) is 0 Å². The third-order valence-electron chi connectivity index (χ3n) is 7.04. The molecule has 2 atom stereocenters. The van der Waals surface area contributed by atoms with Crippen LogP contribution in [0.25, 0.3) is 21.8 Å². The average Bonchev–Trinajstić information content (AvgIpc) is 3.23. The molecule has 0 spiro atoms. The van der Waals surface area contributed by atoms with Crippen LogP contribution in [0.3, 0.4) is 0 Å². The van der Waals surface area contributed by atoms with Crippen molar-refractivity contribution < 1.29 is 0 Å². The maximum absolute atomic E-state index is 6.20. The predicted octanol–water partition coefficient (Wildman–Crippen LogP) is 5.86. The minimum atomic E-state index is 0.495. The van der Waals surface area contributed by atoms with E-state index in [2.05, 4.69) is 84.2 Å². The van der Waals surface area contributed by atoms with E-state index in [1.165, 1.54) is 41.8 Å². The summed E-state index contributed by atoms with van der Waals surface area (Å²) in [6.07, 6.45) is 5.22. The second-order valence-electron chi connectivity index (χ2n) is 9.56. The summed E-state index contributed by atoms with van der Waals surface area (Å²) in [7, 11) is 0. The van der Waals surface area contributed by atoms with E-state index in [0.717, 1.165) is 40.6 Å². The molecular weight excluding hydrogens is 392 g/mol. The molecular formula is C28H32N4. The van der Waals surface area contributed by atoms with E-state index in [-0.39, 0.29) is 0 Å². The molecule has 1 aliphatic rings. The molecule has 2 unspecified atom stereocenters. The first kappa shape index (κ1) is 20.9. The SMILES string of the molecule is Cc1ccc2c(c1)nc(N)c1ncc(CCc3ccc(C(C)N4CCC(C)C4)cc3)cc12. The minimum absolute atomic E-state index is 0.495. The van der Waals surface area contributed by atoms with Crippen LogP contribution in [0.1, 0.15) is 48.6 Å². The maximum atomic E-state index is 6.20. The summed E-state index contributed by atoms with van der Waals surface area (Å²) < 4.78 is 0. The van der Waals surface area contributed by atoms with Crippen LogP contribution in [0, 0.1) is 12.8 Å². The van der Waals surface area contributed by atoms with Crippen molar-refractivity contribution in [3.63, 3.8) is 0 Å². The van der Waals surface area contributed by atoms with Crippen molar-refractivity contribution >= 4 is 27.6 Å². The van der Waals surface area contributed by atoms with Gasteiger partial charge in [0.25, 0.3) is 0 Å². The quantitative estimate of drug-likeness (QED) is 0.408.